The minimum atomic E-state index is -0.190. The van der Waals surface area contributed by atoms with Gasteiger partial charge in [-0.25, -0.2) is 0 Å². The highest BCUT2D eigenvalue weighted by Crippen LogP contribution is 2.22. The number of nitrogens with zero attached hydrogens (tertiary/aromatic N) is 1. The van der Waals surface area contributed by atoms with Gasteiger partial charge in [0.25, 0.3) is 0 Å². The molecule has 1 aliphatic carbocycles. The fourth-order valence-corrected chi connectivity index (χ4v) is 2.51. The SMILES string of the molecule is COCc1ccc(C(C#N)NC2CCCC2)cc1. The lowest BCUT2D eigenvalue weighted by Crippen LogP contribution is -2.29. The molecule has 0 saturated heterocycles. The second-order valence-electron chi connectivity index (χ2n) is 4.88. The lowest BCUT2D eigenvalue weighted by Gasteiger charge is -2.17. The van der Waals surface area contributed by atoms with Gasteiger partial charge in [-0.2, -0.15) is 5.26 Å². The number of ether oxygens (including phenoxy) is 1. The molecule has 0 aromatic heterocycles. The highest BCUT2D eigenvalue weighted by molar-refractivity contribution is 5.28. The van der Waals surface area contributed by atoms with Crippen LogP contribution in [0.4, 0.5) is 0 Å². The molecule has 1 N–H and O–H groups in total. The van der Waals surface area contributed by atoms with Crippen molar-refractivity contribution >= 4 is 0 Å². The largest absolute Gasteiger partial charge is 0.380 e. The van der Waals surface area contributed by atoms with Gasteiger partial charge < -0.3 is 4.74 Å². The Balaban J connectivity index is 2.00. The molecule has 0 radical (unpaired) electrons. The summed E-state index contributed by atoms with van der Waals surface area (Å²) in [7, 11) is 1.69. The van der Waals surface area contributed by atoms with Gasteiger partial charge in [0, 0.05) is 13.2 Å². The van der Waals surface area contributed by atoms with Crippen molar-refractivity contribution in [3.8, 4) is 6.07 Å². The zero-order valence-electron chi connectivity index (χ0n) is 10.9. The first-order valence-corrected chi connectivity index (χ1v) is 6.57. The standard InChI is InChI=1S/C15H20N2O/c1-18-11-12-6-8-13(9-7-12)15(10-16)17-14-4-2-3-5-14/h6-9,14-15,17H,2-5,11H2,1H3. The number of benzene rings is 1. The van der Waals surface area contributed by atoms with Crippen LogP contribution in [0, 0.1) is 11.3 Å². The van der Waals surface area contributed by atoms with E-state index in [2.05, 4.69) is 11.4 Å². The summed E-state index contributed by atoms with van der Waals surface area (Å²) >= 11 is 0. The third kappa shape index (κ3) is 3.32. The molecule has 1 saturated carbocycles. The Labute approximate surface area is 109 Å². The van der Waals surface area contributed by atoms with Gasteiger partial charge in [-0.15, -0.1) is 0 Å². The van der Waals surface area contributed by atoms with Crippen LogP contribution in [0.25, 0.3) is 0 Å². The minimum absolute atomic E-state index is 0.190. The number of hydrogen-bond donors (Lipinski definition) is 1. The first kappa shape index (κ1) is 13.1. The summed E-state index contributed by atoms with van der Waals surface area (Å²) in [6, 6.07) is 10.8. The van der Waals surface area contributed by atoms with Crippen LogP contribution in [-0.4, -0.2) is 13.2 Å². The van der Waals surface area contributed by atoms with Gasteiger partial charge in [0.15, 0.2) is 0 Å². The normalized spacial score (nSPS) is 17.6. The van der Waals surface area contributed by atoms with Gasteiger partial charge in [0.1, 0.15) is 6.04 Å². The first-order chi connectivity index (χ1) is 8.83. The van der Waals surface area contributed by atoms with Crippen molar-refractivity contribution in [2.75, 3.05) is 7.11 Å². The molecule has 1 aliphatic rings. The fourth-order valence-electron chi connectivity index (χ4n) is 2.51. The number of nitrogens with one attached hydrogen (secondary N) is 1. The second-order valence-corrected chi connectivity index (χ2v) is 4.88. The summed E-state index contributed by atoms with van der Waals surface area (Å²) in [6.07, 6.45) is 4.95. The van der Waals surface area contributed by atoms with Crippen molar-refractivity contribution in [1.29, 1.82) is 5.26 Å². The molecule has 1 fully saturated rings. The van der Waals surface area contributed by atoms with Crippen LogP contribution in [0.5, 0.6) is 0 Å². The lowest BCUT2D eigenvalue weighted by molar-refractivity contribution is 0.185. The quantitative estimate of drug-likeness (QED) is 0.866. The predicted octanol–water partition coefficient (Wildman–Crippen LogP) is 2.93. The maximum Gasteiger partial charge on any atom is 0.121 e. The molecule has 0 amide bonds. The molecule has 0 bridgehead atoms. The Kier molecular flexibility index (Phi) is 4.74. The van der Waals surface area contributed by atoms with Crippen molar-refractivity contribution in [1.82, 2.24) is 5.32 Å². The Morgan fingerprint density at radius 2 is 2.00 bits per heavy atom. The zero-order valence-corrected chi connectivity index (χ0v) is 10.9. The van der Waals surface area contributed by atoms with E-state index in [1.54, 1.807) is 7.11 Å². The van der Waals surface area contributed by atoms with E-state index in [9.17, 15) is 5.26 Å². The van der Waals surface area contributed by atoms with Gasteiger partial charge in [-0.1, -0.05) is 37.1 Å². The highest BCUT2D eigenvalue weighted by Gasteiger charge is 2.19. The average Bonchev–Trinajstić information content (AvgIpc) is 2.90. The van der Waals surface area contributed by atoms with Gasteiger partial charge in [-0.3, -0.25) is 5.32 Å². The van der Waals surface area contributed by atoms with E-state index in [0.29, 0.717) is 12.6 Å². The molecule has 0 heterocycles. The van der Waals surface area contributed by atoms with Gasteiger partial charge in [0.05, 0.1) is 12.7 Å². The highest BCUT2D eigenvalue weighted by atomic mass is 16.5. The second kappa shape index (κ2) is 6.53. The third-order valence-corrected chi connectivity index (χ3v) is 3.51. The van der Waals surface area contributed by atoms with Crippen LogP contribution in [-0.2, 0) is 11.3 Å². The monoisotopic (exact) mass is 244 g/mol. The molecule has 1 aromatic rings. The van der Waals surface area contributed by atoms with Gasteiger partial charge in [0.2, 0.25) is 0 Å². The molecule has 18 heavy (non-hydrogen) atoms. The van der Waals surface area contributed by atoms with E-state index in [1.807, 2.05) is 24.3 Å². The van der Waals surface area contributed by atoms with E-state index in [0.717, 1.165) is 11.1 Å². The number of methoxy groups -OCH3 is 1. The van der Waals surface area contributed by atoms with E-state index < -0.39 is 0 Å². The van der Waals surface area contributed by atoms with Gasteiger partial charge in [-0.05, 0) is 24.0 Å². The summed E-state index contributed by atoms with van der Waals surface area (Å²) in [5.41, 5.74) is 2.18. The predicted molar refractivity (Wildman–Crippen MR) is 70.9 cm³/mol. The minimum Gasteiger partial charge on any atom is -0.380 e. The molecule has 0 aliphatic heterocycles. The molecule has 1 unspecified atom stereocenters. The van der Waals surface area contributed by atoms with Crippen LogP contribution in [0.1, 0.15) is 42.9 Å². The summed E-state index contributed by atoms with van der Waals surface area (Å²) in [5, 5.41) is 12.7. The van der Waals surface area contributed by atoms with E-state index in [1.165, 1.54) is 25.7 Å². The maximum atomic E-state index is 9.28. The molecule has 2 rings (SSSR count). The van der Waals surface area contributed by atoms with E-state index in [4.69, 9.17) is 4.74 Å². The molecule has 0 spiro atoms. The topological polar surface area (TPSA) is 45.0 Å². The van der Waals surface area contributed by atoms with Gasteiger partial charge >= 0.3 is 0 Å². The zero-order chi connectivity index (χ0) is 12.8. The van der Waals surface area contributed by atoms with Crippen molar-refractivity contribution < 1.29 is 4.74 Å². The molecule has 1 atom stereocenters. The summed E-state index contributed by atoms with van der Waals surface area (Å²) in [4.78, 5) is 0. The first-order valence-electron chi connectivity index (χ1n) is 6.57. The molecule has 96 valence electrons. The molecular formula is C15H20N2O. The number of rotatable bonds is 5. The van der Waals surface area contributed by atoms with Crippen LogP contribution in [0.2, 0.25) is 0 Å². The Bertz CT molecular complexity index is 401. The Morgan fingerprint density at radius 3 is 2.56 bits per heavy atom. The molecule has 3 heteroatoms. The summed E-state index contributed by atoms with van der Waals surface area (Å²) in [5.74, 6) is 0. The lowest BCUT2D eigenvalue weighted by atomic mass is 10.0. The average molecular weight is 244 g/mol. The van der Waals surface area contributed by atoms with Crippen LogP contribution in [0.15, 0.2) is 24.3 Å². The maximum absolute atomic E-state index is 9.28. The number of nitriles is 1. The Hall–Kier alpha value is -1.37. The van der Waals surface area contributed by atoms with Crippen molar-refractivity contribution in [3.05, 3.63) is 35.4 Å². The van der Waals surface area contributed by atoms with Crippen LogP contribution < -0.4 is 5.32 Å². The van der Waals surface area contributed by atoms with Crippen LogP contribution in [0.3, 0.4) is 0 Å². The van der Waals surface area contributed by atoms with Crippen molar-refractivity contribution in [3.63, 3.8) is 0 Å². The van der Waals surface area contributed by atoms with Crippen molar-refractivity contribution in [2.24, 2.45) is 0 Å². The smallest absolute Gasteiger partial charge is 0.121 e. The summed E-state index contributed by atoms with van der Waals surface area (Å²) in [6.45, 7) is 0.619. The fraction of sp³-hybridized carbons (Fsp3) is 0.533. The third-order valence-electron chi connectivity index (χ3n) is 3.51. The number of hydrogen-bond acceptors (Lipinski definition) is 3. The van der Waals surface area contributed by atoms with E-state index in [-0.39, 0.29) is 6.04 Å². The van der Waals surface area contributed by atoms with E-state index >= 15 is 0 Å². The molecular weight excluding hydrogens is 224 g/mol. The Morgan fingerprint density at radius 1 is 1.33 bits per heavy atom. The molecule has 1 aromatic carbocycles. The van der Waals surface area contributed by atoms with Crippen LogP contribution >= 0.6 is 0 Å². The van der Waals surface area contributed by atoms with Crippen molar-refractivity contribution in [2.45, 2.75) is 44.4 Å². The summed E-state index contributed by atoms with van der Waals surface area (Å²) < 4.78 is 5.08. The molecule has 3 nitrogen and oxygen atoms in total.